The molecule has 0 rings (SSSR count). The predicted octanol–water partition coefficient (Wildman–Crippen LogP) is 4.25. The van der Waals surface area contributed by atoms with Crippen molar-refractivity contribution in [3.05, 3.63) is 0 Å². The molecule has 0 aliphatic carbocycles. The Bertz CT molecular complexity index is 153. The van der Waals surface area contributed by atoms with Crippen LogP contribution in [0.2, 0.25) is 24.2 Å². The molecule has 0 aromatic carbocycles. The van der Waals surface area contributed by atoms with Gasteiger partial charge in [-0.15, -0.1) is 0 Å². The maximum atomic E-state index is 11.7. The van der Waals surface area contributed by atoms with E-state index in [0.29, 0.717) is 5.78 Å². The molecule has 0 aliphatic heterocycles. The zero-order chi connectivity index (χ0) is 11.0. The lowest BCUT2D eigenvalue weighted by Crippen LogP contribution is -2.33. The van der Waals surface area contributed by atoms with E-state index in [1.807, 2.05) is 0 Å². The van der Waals surface area contributed by atoms with Gasteiger partial charge < -0.3 is 4.79 Å². The topological polar surface area (TPSA) is 17.1 Å². The SMILES string of the molecule is CCCCC(=O)C[Si](CC)(CC)CC. The van der Waals surface area contributed by atoms with Gasteiger partial charge in [0, 0.05) is 12.5 Å². The van der Waals surface area contributed by atoms with Gasteiger partial charge in [0.1, 0.15) is 5.78 Å². The molecule has 0 N–H and O–H groups in total. The Kier molecular flexibility index (Phi) is 7.16. The summed E-state index contributed by atoms with van der Waals surface area (Å²) in [6.07, 6.45) is 3.05. The fourth-order valence-corrected chi connectivity index (χ4v) is 5.27. The number of rotatable bonds is 8. The van der Waals surface area contributed by atoms with Crippen molar-refractivity contribution in [2.75, 3.05) is 0 Å². The third-order valence-corrected chi connectivity index (χ3v) is 9.28. The molecule has 0 aromatic rings. The molecule has 0 bridgehead atoms. The van der Waals surface area contributed by atoms with Gasteiger partial charge in [-0.3, -0.25) is 0 Å². The lowest BCUT2D eigenvalue weighted by atomic mass is 10.2. The zero-order valence-electron chi connectivity index (χ0n) is 10.4. The van der Waals surface area contributed by atoms with Gasteiger partial charge in [0.2, 0.25) is 0 Å². The molecular weight excluding hydrogens is 188 g/mol. The molecular formula is C12H26OSi. The summed E-state index contributed by atoms with van der Waals surface area (Å²) >= 11 is 0. The highest BCUT2D eigenvalue weighted by atomic mass is 28.3. The lowest BCUT2D eigenvalue weighted by molar-refractivity contribution is -0.117. The van der Waals surface area contributed by atoms with E-state index in [2.05, 4.69) is 27.7 Å². The molecule has 0 amide bonds. The maximum absolute atomic E-state index is 11.7. The van der Waals surface area contributed by atoms with E-state index in [-0.39, 0.29) is 0 Å². The van der Waals surface area contributed by atoms with E-state index in [1.54, 1.807) is 0 Å². The normalized spacial score (nSPS) is 11.7. The Morgan fingerprint density at radius 1 is 1.00 bits per heavy atom. The van der Waals surface area contributed by atoms with Crippen molar-refractivity contribution in [2.24, 2.45) is 0 Å². The van der Waals surface area contributed by atoms with Crippen LogP contribution in [-0.4, -0.2) is 13.9 Å². The fraction of sp³-hybridized carbons (Fsp3) is 0.917. The van der Waals surface area contributed by atoms with Crippen LogP contribution in [-0.2, 0) is 4.79 Å². The highest BCUT2D eigenvalue weighted by molar-refractivity contribution is 6.82. The Morgan fingerprint density at radius 3 is 1.86 bits per heavy atom. The van der Waals surface area contributed by atoms with E-state index in [0.717, 1.165) is 25.3 Å². The van der Waals surface area contributed by atoms with Gasteiger partial charge in [-0.05, 0) is 6.42 Å². The standard InChI is InChI=1S/C12H26OSi/c1-5-9-10-12(13)11-14(6-2,7-3)8-4/h5-11H2,1-4H3. The molecule has 0 atom stereocenters. The Balaban J connectivity index is 4.08. The number of hydrogen-bond donors (Lipinski definition) is 0. The average Bonchev–Trinajstić information content (AvgIpc) is 2.23. The van der Waals surface area contributed by atoms with Gasteiger partial charge in [0.05, 0.1) is 8.07 Å². The van der Waals surface area contributed by atoms with Crippen LogP contribution in [0.1, 0.15) is 47.0 Å². The highest BCUT2D eigenvalue weighted by Gasteiger charge is 2.28. The smallest absolute Gasteiger partial charge is 0.130 e. The summed E-state index contributed by atoms with van der Waals surface area (Å²) in [4.78, 5) is 11.7. The molecule has 0 fully saturated rings. The molecule has 0 saturated carbocycles. The van der Waals surface area contributed by atoms with Crippen molar-refractivity contribution < 1.29 is 4.79 Å². The van der Waals surface area contributed by atoms with Crippen LogP contribution in [0.25, 0.3) is 0 Å². The van der Waals surface area contributed by atoms with Gasteiger partial charge in [-0.1, -0.05) is 52.2 Å². The Morgan fingerprint density at radius 2 is 1.50 bits per heavy atom. The van der Waals surface area contributed by atoms with E-state index in [4.69, 9.17) is 0 Å². The molecule has 14 heavy (non-hydrogen) atoms. The van der Waals surface area contributed by atoms with Crippen LogP contribution in [0.5, 0.6) is 0 Å². The second kappa shape index (κ2) is 7.21. The van der Waals surface area contributed by atoms with Crippen molar-refractivity contribution in [1.29, 1.82) is 0 Å². The summed E-state index contributed by atoms with van der Waals surface area (Å²) in [5.41, 5.74) is 0. The van der Waals surface area contributed by atoms with Gasteiger partial charge >= 0.3 is 0 Å². The Labute approximate surface area is 90.3 Å². The minimum Gasteiger partial charge on any atom is -0.300 e. The van der Waals surface area contributed by atoms with Gasteiger partial charge in [0.15, 0.2) is 0 Å². The minimum atomic E-state index is -1.18. The first-order valence-corrected chi connectivity index (χ1v) is 8.98. The van der Waals surface area contributed by atoms with Crippen LogP contribution < -0.4 is 0 Å². The summed E-state index contributed by atoms with van der Waals surface area (Å²) in [5, 5.41) is 0. The number of hydrogen-bond acceptors (Lipinski definition) is 1. The lowest BCUT2D eigenvalue weighted by Gasteiger charge is -2.27. The van der Waals surface area contributed by atoms with Crippen LogP contribution in [0, 0.1) is 0 Å². The number of ketones is 1. The molecule has 0 unspecified atom stereocenters. The first-order chi connectivity index (χ1) is 6.64. The number of unbranched alkanes of at least 4 members (excludes halogenated alkanes) is 1. The number of carbonyl (C=O) groups is 1. The third-order valence-electron chi connectivity index (χ3n) is 3.63. The molecule has 0 aliphatic rings. The first kappa shape index (κ1) is 13.9. The molecule has 0 saturated heterocycles. The highest BCUT2D eigenvalue weighted by Crippen LogP contribution is 2.26. The van der Waals surface area contributed by atoms with Crippen molar-refractivity contribution in [1.82, 2.24) is 0 Å². The average molecular weight is 214 g/mol. The number of carbonyl (C=O) groups excluding carboxylic acids is 1. The summed E-state index contributed by atoms with van der Waals surface area (Å²) < 4.78 is 0. The second-order valence-electron chi connectivity index (χ2n) is 4.38. The van der Waals surface area contributed by atoms with Gasteiger partial charge in [-0.25, -0.2) is 0 Å². The van der Waals surface area contributed by atoms with E-state index >= 15 is 0 Å². The molecule has 0 heterocycles. The van der Waals surface area contributed by atoms with Crippen LogP contribution in [0.4, 0.5) is 0 Å². The van der Waals surface area contributed by atoms with Crippen molar-refractivity contribution in [2.45, 2.75) is 71.1 Å². The van der Waals surface area contributed by atoms with Gasteiger partial charge in [0.25, 0.3) is 0 Å². The molecule has 0 aromatic heterocycles. The zero-order valence-corrected chi connectivity index (χ0v) is 11.4. The molecule has 0 radical (unpaired) electrons. The van der Waals surface area contributed by atoms with Gasteiger partial charge in [-0.2, -0.15) is 0 Å². The molecule has 2 heteroatoms. The van der Waals surface area contributed by atoms with Crippen molar-refractivity contribution >= 4 is 13.9 Å². The molecule has 84 valence electrons. The second-order valence-corrected chi connectivity index (χ2v) is 9.85. The van der Waals surface area contributed by atoms with E-state index in [1.165, 1.54) is 18.1 Å². The van der Waals surface area contributed by atoms with E-state index < -0.39 is 8.07 Å². The molecule has 0 spiro atoms. The van der Waals surface area contributed by atoms with Crippen LogP contribution in [0.3, 0.4) is 0 Å². The molecule has 1 nitrogen and oxygen atoms in total. The summed E-state index contributed by atoms with van der Waals surface area (Å²) in [7, 11) is -1.18. The summed E-state index contributed by atoms with van der Waals surface area (Å²) in [6.45, 7) is 8.96. The summed E-state index contributed by atoms with van der Waals surface area (Å²) in [5.74, 6) is 0.532. The predicted molar refractivity (Wildman–Crippen MR) is 66.5 cm³/mol. The van der Waals surface area contributed by atoms with Crippen LogP contribution >= 0.6 is 0 Å². The van der Waals surface area contributed by atoms with Crippen molar-refractivity contribution in [3.63, 3.8) is 0 Å². The quantitative estimate of drug-likeness (QED) is 0.552. The van der Waals surface area contributed by atoms with Crippen LogP contribution in [0.15, 0.2) is 0 Å². The van der Waals surface area contributed by atoms with E-state index in [9.17, 15) is 4.79 Å². The third kappa shape index (κ3) is 4.40. The summed E-state index contributed by atoms with van der Waals surface area (Å²) in [6, 6.07) is 4.77. The fourth-order valence-electron chi connectivity index (χ4n) is 2.01. The largest absolute Gasteiger partial charge is 0.300 e. The Hall–Kier alpha value is -0.113. The number of Topliss-reactive ketones (excluding diaryl/α,β-unsaturated/α-hetero) is 1. The van der Waals surface area contributed by atoms with Crippen molar-refractivity contribution in [3.8, 4) is 0 Å². The first-order valence-electron chi connectivity index (χ1n) is 6.15. The maximum Gasteiger partial charge on any atom is 0.130 e. The monoisotopic (exact) mass is 214 g/mol. The minimum absolute atomic E-state index is 0.532.